The first-order chi connectivity index (χ1) is 14.6. The fraction of sp³-hybridized carbons (Fsp3) is 0.450. The van der Waals surface area contributed by atoms with E-state index >= 15 is 0 Å². The van der Waals surface area contributed by atoms with Crippen molar-refractivity contribution in [1.82, 2.24) is 20.3 Å². The molecule has 0 unspecified atom stereocenters. The minimum absolute atomic E-state index is 0.254. The van der Waals surface area contributed by atoms with E-state index in [1.54, 1.807) is 24.3 Å². The lowest BCUT2D eigenvalue weighted by molar-refractivity contribution is 0.100. The van der Waals surface area contributed by atoms with Crippen molar-refractivity contribution in [2.45, 2.75) is 26.7 Å². The number of aromatic nitrogens is 3. The van der Waals surface area contributed by atoms with Crippen molar-refractivity contribution in [3.8, 4) is 6.01 Å². The molecule has 30 heavy (non-hydrogen) atoms. The van der Waals surface area contributed by atoms with Crippen LogP contribution in [0.4, 0.5) is 11.6 Å². The number of rotatable bonds is 13. The van der Waals surface area contributed by atoms with Gasteiger partial charge in [-0.1, -0.05) is 19.9 Å². The van der Waals surface area contributed by atoms with Crippen molar-refractivity contribution in [3.05, 3.63) is 35.7 Å². The zero-order valence-corrected chi connectivity index (χ0v) is 17.8. The number of anilines is 2. The number of likely N-dealkylation sites (N-methyl/N-ethyl adjacent to an activating group) is 1. The smallest absolute Gasteiger partial charge is 0.321 e. The van der Waals surface area contributed by atoms with E-state index in [1.807, 2.05) is 7.05 Å². The van der Waals surface area contributed by atoms with Gasteiger partial charge in [0.05, 0.1) is 11.9 Å². The fourth-order valence-corrected chi connectivity index (χ4v) is 2.63. The summed E-state index contributed by atoms with van der Waals surface area (Å²) in [6.07, 6.45) is 3.44. The quantitative estimate of drug-likeness (QED) is 0.256. The predicted octanol–water partition coefficient (Wildman–Crippen LogP) is 1.64. The summed E-state index contributed by atoms with van der Waals surface area (Å²) in [5.41, 5.74) is 9.19. The van der Waals surface area contributed by atoms with Gasteiger partial charge in [-0.3, -0.25) is 10.2 Å². The average molecular weight is 415 g/mol. The average Bonchev–Trinajstić information content (AvgIpc) is 2.74. The van der Waals surface area contributed by atoms with E-state index in [1.165, 1.54) is 6.21 Å². The van der Waals surface area contributed by atoms with Gasteiger partial charge in [-0.2, -0.15) is 20.1 Å². The third kappa shape index (κ3) is 7.28. The van der Waals surface area contributed by atoms with Crippen molar-refractivity contribution in [2.75, 3.05) is 43.6 Å². The second kappa shape index (κ2) is 12.3. The van der Waals surface area contributed by atoms with Crippen LogP contribution in [0.2, 0.25) is 0 Å². The predicted molar refractivity (Wildman–Crippen MR) is 118 cm³/mol. The molecule has 2 aromatic rings. The molecule has 0 saturated heterocycles. The molecule has 0 spiro atoms. The summed E-state index contributed by atoms with van der Waals surface area (Å²) in [5.74, 6) is 0.431. The lowest BCUT2D eigenvalue weighted by Gasteiger charge is -2.21. The molecule has 0 aliphatic rings. The number of benzene rings is 1. The summed E-state index contributed by atoms with van der Waals surface area (Å²) < 4.78 is 5.66. The maximum atomic E-state index is 11.3. The lowest BCUT2D eigenvalue weighted by Crippen LogP contribution is -2.28. The van der Waals surface area contributed by atoms with Gasteiger partial charge in [-0.25, -0.2) is 0 Å². The third-order valence-electron chi connectivity index (χ3n) is 3.99. The van der Waals surface area contributed by atoms with Gasteiger partial charge in [0.2, 0.25) is 11.9 Å². The number of hydrogen-bond acceptors (Lipinski definition) is 9. The molecule has 10 nitrogen and oxygen atoms in total. The molecule has 1 aromatic heterocycles. The van der Waals surface area contributed by atoms with Crippen LogP contribution in [0.15, 0.2) is 29.4 Å². The van der Waals surface area contributed by atoms with Gasteiger partial charge in [0.1, 0.15) is 6.61 Å². The number of nitrogens with two attached hydrogens (primary N) is 1. The van der Waals surface area contributed by atoms with Gasteiger partial charge in [0.25, 0.3) is 0 Å². The van der Waals surface area contributed by atoms with E-state index in [9.17, 15) is 4.79 Å². The van der Waals surface area contributed by atoms with Gasteiger partial charge in [0, 0.05) is 25.2 Å². The highest BCUT2D eigenvalue weighted by Crippen LogP contribution is 2.14. The van der Waals surface area contributed by atoms with Gasteiger partial charge in [-0.15, -0.1) is 0 Å². The van der Waals surface area contributed by atoms with Crippen molar-refractivity contribution in [1.29, 1.82) is 0 Å². The van der Waals surface area contributed by atoms with E-state index < -0.39 is 5.91 Å². The van der Waals surface area contributed by atoms with Crippen LogP contribution in [-0.4, -0.2) is 60.4 Å². The summed E-state index contributed by atoms with van der Waals surface area (Å²) in [4.78, 5) is 26.7. The molecule has 0 atom stereocenters. The first-order valence-electron chi connectivity index (χ1n) is 10.0. The highest BCUT2D eigenvalue weighted by atomic mass is 16.5. The van der Waals surface area contributed by atoms with E-state index in [0.717, 1.165) is 25.9 Å². The Morgan fingerprint density at radius 2 is 2.00 bits per heavy atom. The van der Waals surface area contributed by atoms with E-state index in [0.29, 0.717) is 36.2 Å². The summed E-state index contributed by atoms with van der Waals surface area (Å²) in [6, 6.07) is 7.01. The molecule has 0 radical (unpaired) electrons. The minimum atomic E-state index is -0.500. The van der Waals surface area contributed by atoms with E-state index in [-0.39, 0.29) is 6.01 Å². The van der Waals surface area contributed by atoms with Gasteiger partial charge >= 0.3 is 6.01 Å². The lowest BCUT2D eigenvalue weighted by atomic mass is 10.2. The number of primary amides is 1. The maximum absolute atomic E-state index is 11.3. The molecule has 1 amide bonds. The van der Waals surface area contributed by atoms with E-state index in [2.05, 4.69) is 49.5 Å². The summed E-state index contributed by atoms with van der Waals surface area (Å²) in [7, 11) is 1.85. The Bertz CT molecular complexity index is 837. The van der Waals surface area contributed by atoms with Crippen LogP contribution in [0.3, 0.4) is 0 Å². The highest BCUT2D eigenvalue weighted by Gasteiger charge is 2.13. The van der Waals surface area contributed by atoms with Crippen molar-refractivity contribution >= 4 is 23.8 Å². The Morgan fingerprint density at radius 1 is 1.23 bits per heavy atom. The van der Waals surface area contributed by atoms with Crippen LogP contribution in [0.25, 0.3) is 0 Å². The van der Waals surface area contributed by atoms with Crippen molar-refractivity contribution in [2.24, 2.45) is 10.8 Å². The van der Waals surface area contributed by atoms with Crippen molar-refractivity contribution in [3.63, 3.8) is 0 Å². The first kappa shape index (κ1) is 23.0. The van der Waals surface area contributed by atoms with Crippen LogP contribution in [-0.2, 0) is 0 Å². The van der Waals surface area contributed by atoms with Crippen LogP contribution >= 0.6 is 0 Å². The third-order valence-corrected chi connectivity index (χ3v) is 3.99. The molecular weight excluding hydrogens is 384 g/mol. The second-order valence-electron chi connectivity index (χ2n) is 6.53. The largest absolute Gasteiger partial charge is 0.462 e. The molecule has 2 rings (SSSR count). The molecule has 0 aliphatic carbocycles. The Morgan fingerprint density at radius 3 is 2.67 bits per heavy atom. The number of hydrogen-bond donors (Lipinski definition) is 3. The standard InChI is InChI=1S/C20H30N8O2/c1-4-10-28(11-5-2)19-24-17(25-20(26-19)30-12-9-22-3)14-23-27-16-8-6-7-15(13-16)18(21)29/h6-8,13-14,22,27H,4-5,9-12H2,1-3H3,(H2,21,29)/b23-14+. The van der Waals surface area contributed by atoms with Gasteiger partial charge < -0.3 is 20.7 Å². The Hall–Kier alpha value is -3.27. The van der Waals surface area contributed by atoms with Crippen LogP contribution in [0.5, 0.6) is 6.01 Å². The number of carbonyl (C=O) groups excluding carboxylic acids is 1. The second-order valence-corrected chi connectivity index (χ2v) is 6.53. The fourth-order valence-electron chi connectivity index (χ4n) is 2.63. The Balaban J connectivity index is 2.22. The topological polar surface area (TPSA) is 131 Å². The SMILES string of the molecule is CCCN(CCC)c1nc(/C=N/Nc2cccc(C(N)=O)c2)nc(OCCNC)n1. The number of ether oxygens (including phenoxy) is 1. The molecule has 1 aromatic carbocycles. The molecule has 1 heterocycles. The zero-order chi connectivity index (χ0) is 21.8. The van der Waals surface area contributed by atoms with Gasteiger partial charge in [0.15, 0.2) is 5.82 Å². The Labute approximate surface area is 177 Å². The Kier molecular flexibility index (Phi) is 9.46. The molecule has 0 bridgehead atoms. The molecule has 4 N–H and O–H groups in total. The number of hydrazone groups is 1. The molecule has 0 aliphatic heterocycles. The molecule has 0 fully saturated rings. The molecular formula is C20H30N8O2. The monoisotopic (exact) mass is 414 g/mol. The molecule has 0 saturated carbocycles. The summed E-state index contributed by atoms with van der Waals surface area (Å²) in [6.45, 7) is 7.01. The minimum Gasteiger partial charge on any atom is -0.462 e. The van der Waals surface area contributed by atoms with Crippen LogP contribution in [0, 0.1) is 0 Å². The molecule has 10 heteroatoms. The highest BCUT2D eigenvalue weighted by molar-refractivity contribution is 5.93. The number of nitrogens with one attached hydrogen (secondary N) is 2. The first-order valence-corrected chi connectivity index (χ1v) is 10.0. The zero-order valence-electron chi connectivity index (χ0n) is 17.8. The van der Waals surface area contributed by atoms with E-state index in [4.69, 9.17) is 10.5 Å². The maximum Gasteiger partial charge on any atom is 0.321 e. The summed E-state index contributed by atoms with van der Waals surface area (Å²) >= 11 is 0. The van der Waals surface area contributed by atoms with Crippen molar-refractivity contribution < 1.29 is 9.53 Å². The number of nitrogens with zero attached hydrogens (tertiary/aromatic N) is 5. The van der Waals surface area contributed by atoms with Gasteiger partial charge in [-0.05, 0) is 38.1 Å². The van der Waals surface area contributed by atoms with Crippen LogP contribution < -0.4 is 26.1 Å². The number of carbonyl (C=O) groups is 1. The number of amides is 1. The summed E-state index contributed by atoms with van der Waals surface area (Å²) in [5, 5.41) is 7.20. The normalized spacial score (nSPS) is 10.9. The molecule has 162 valence electrons. The van der Waals surface area contributed by atoms with Crippen LogP contribution in [0.1, 0.15) is 42.9 Å².